The monoisotopic (exact) mass is 295 g/mol. The zero-order chi connectivity index (χ0) is 14.8. The molecule has 5 heteroatoms. The van der Waals surface area contributed by atoms with E-state index in [2.05, 4.69) is 11.8 Å². The number of aliphatic hydroxyl groups excluding tert-OH is 2. The molecule has 0 saturated carbocycles. The summed E-state index contributed by atoms with van der Waals surface area (Å²) in [6, 6.07) is 3.63. The second-order valence-electron chi connectivity index (χ2n) is 4.45. The lowest BCUT2D eigenvalue weighted by molar-refractivity contribution is 0.0797. The fourth-order valence-corrected chi connectivity index (χ4v) is 2.53. The van der Waals surface area contributed by atoms with Crippen molar-refractivity contribution < 1.29 is 15.0 Å². The third kappa shape index (κ3) is 5.74. The van der Waals surface area contributed by atoms with E-state index in [0.29, 0.717) is 17.8 Å². The largest absolute Gasteiger partial charge is 0.396 e. The summed E-state index contributed by atoms with van der Waals surface area (Å²) in [5.41, 5.74) is 0. The maximum Gasteiger partial charge on any atom is 0.263 e. The topological polar surface area (TPSA) is 60.8 Å². The van der Waals surface area contributed by atoms with Crippen LogP contribution in [0.25, 0.3) is 0 Å². The highest BCUT2D eigenvalue weighted by Crippen LogP contribution is 2.17. The molecule has 0 fully saturated rings. The lowest BCUT2D eigenvalue weighted by atomic mass is 10.2. The Balaban J connectivity index is 2.49. The normalized spacial score (nSPS) is 9.95. The fraction of sp³-hybridized carbons (Fsp3) is 0.533. The number of thiophene rings is 1. The quantitative estimate of drug-likeness (QED) is 0.595. The van der Waals surface area contributed by atoms with Crippen LogP contribution in [-0.4, -0.2) is 47.8 Å². The molecule has 1 aromatic heterocycles. The van der Waals surface area contributed by atoms with E-state index in [0.717, 1.165) is 24.1 Å². The van der Waals surface area contributed by atoms with Crippen LogP contribution in [0.5, 0.6) is 0 Å². The van der Waals surface area contributed by atoms with E-state index >= 15 is 0 Å². The summed E-state index contributed by atoms with van der Waals surface area (Å²) in [6.45, 7) is 0.960. The average Bonchev–Trinajstić information content (AvgIpc) is 2.91. The molecular formula is C15H21NO3S. The van der Waals surface area contributed by atoms with E-state index < -0.39 is 0 Å². The summed E-state index contributed by atoms with van der Waals surface area (Å²) in [7, 11) is 1.79. The molecule has 0 spiro atoms. The highest BCUT2D eigenvalue weighted by atomic mass is 32.1. The zero-order valence-corrected chi connectivity index (χ0v) is 12.6. The zero-order valence-electron chi connectivity index (χ0n) is 11.8. The van der Waals surface area contributed by atoms with Gasteiger partial charge in [0.15, 0.2) is 0 Å². The molecule has 0 atom stereocenters. The highest BCUT2D eigenvalue weighted by molar-refractivity contribution is 7.14. The van der Waals surface area contributed by atoms with Crippen molar-refractivity contribution in [2.45, 2.75) is 25.7 Å². The number of carbonyl (C=O) groups excluding carboxylic acids is 1. The maximum absolute atomic E-state index is 12.2. The van der Waals surface area contributed by atoms with Crippen LogP contribution in [0.4, 0.5) is 0 Å². The Labute approximate surface area is 124 Å². The molecular weight excluding hydrogens is 274 g/mol. The Morgan fingerprint density at radius 1 is 1.25 bits per heavy atom. The number of unbranched alkanes of at least 4 members (excludes halogenated alkanes) is 2. The van der Waals surface area contributed by atoms with Gasteiger partial charge in [0.2, 0.25) is 0 Å². The number of hydrogen-bond acceptors (Lipinski definition) is 4. The Hall–Kier alpha value is -1.35. The van der Waals surface area contributed by atoms with Gasteiger partial charge in [-0.3, -0.25) is 4.79 Å². The van der Waals surface area contributed by atoms with Crippen molar-refractivity contribution in [3.8, 4) is 11.8 Å². The van der Waals surface area contributed by atoms with Crippen molar-refractivity contribution in [2.24, 2.45) is 0 Å². The molecule has 0 bridgehead atoms. The first-order valence-corrected chi connectivity index (χ1v) is 7.56. The molecule has 1 heterocycles. The van der Waals surface area contributed by atoms with Gasteiger partial charge >= 0.3 is 0 Å². The van der Waals surface area contributed by atoms with E-state index in [4.69, 9.17) is 10.2 Å². The molecule has 0 aromatic carbocycles. The molecule has 1 aromatic rings. The van der Waals surface area contributed by atoms with Gasteiger partial charge in [0, 0.05) is 26.6 Å². The Morgan fingerprint density at radius 2 is 2.05 bits per heavy atom. The second kappa shape index (κ2) is 9.54. The lowest BCUT2D eigenvalue weighted by Gasteiger charge is -2.15. The first-order chi connectivity index (χ1) is 9.69. The van der Waals surface area contributed by atoms with Gasteiger partial charge in [0.1, 0.15) is 0 Å². The number of nitrogens with zero attached hydrogens (tertiary/aromatic N) is 1. The minimum Gasteiger partial charge on any atom is -0.396 e. The third-order valence-corrected chi connectivity index (χ3v) is 3.75. The summed E-state index contributed by atoms with van der Waals surface area (Å²) in [5, 5.41) is 17.4. The Kier molecular flexibility index (Phi) is 7.97. The summed E-state index contributed by atoms with van der Waals surface area (Å²) in [5.74, 6) is 5.78. The van der Waals surface area contributed by atoms with Crippen LogP contribution in [-0.2, 0) is 0 Å². The summed E-state index contributed by atoms with van der Waals surface area (Å²) >= 11 is 1.38. The molecule has 110 valence electrons. The summed E-state index contributed by atoms with van der Waals surface area (Å²) in [4.78, 5) is 15.4. The second-order valence-corrected chi connectivity index (χ2v) is 5.53. The standard InChI is InChI=1S/C15H21NO3S/c1-16(10-4-2-5-11-17)15(19)14-9-8-13(20-14)7-3-6-12-18/h8-9,17-18H,2,4-6,10-12H2,1H3. The fourth-order valence-electron chi connectivity index (χ4n) is 1.65. The first-order valence-electron chi connectivity index (χ1n) is 6.75. The van der Waals surface area contributed by atoms with E-state index in [1.165, 1.54) is 11.3 Å². The molecule has 0 aliphatic rings. The Bertz CT molecular complexity index is 473. The molecule has 1 amide bonds. The van der Waals surface area contributed by atoms with Crippen LogP contribution in [0.3, 0.4) is 0 Å². The van der Waals surface area contributed by atoms with Gasteiger partial charge in [-0.1, -0.05) is 11.8 Å². The van der Waals surface area contributed by atoms with Gasteiger partial charge in [0.05, 0.1) is 16.4 Å². The predicted octanol–water partition coefficient (Wildman–Crippen LogP) is 1.72. The molecule has 0 aliphatic heterocycles. The number of hydrogen-bond donors (Lipinski definition) is 2. The predicted molar refractivity (Wildman–Crippen MR) is 80.8 cm³/mol. The average molecular weight is 295 g/mol. The number of aliphatic hydroxyl groups is 2. The van der Waals surface area contributed by atoms with Gasteiger partial charge in [0.25, 0.3) is 5.91 Å². The van der Waals surface area contributed by atoms with Gasteiger partial charge in [-0.05, 0) is 31.4 Å². The molecule has 0 unspecified atom stereocenters. The Morgan fingerprint density at radius 3 is 2.75 bits per heavy atom. The third-order valence-electron chi connectivity index (χ3n) is 2.76. The number of carbonyl (C=O) groups is 1. The maximum atomic E-state index is 12.2. The van der Waals surface area contributed by atoms with E-state index in [1.807, 2.05) is 6.07 Å². The minimum absolute atomic E-state index is 0.00852. The molecule has 2 N–H and O–H groups in total. The van der Waals surface area contributed by atoms with Crippen LogP contribution in [0, 0.1) is 11.8 Å². The molecule has 0 radical (unpaired) electrons. The van der Waals surface area contributed by atoms with Crippen molar-refractivity contribution in [1.29, 1.82) is 0 Å². The van der Waals surface area contributed by atoms with E-state index in [1.54, 1.807) is 18.0 Å². The van der Waals surface area contributed by atoms with Gasteiger partial charge < -0.3 is 15.1 Å². The van der Waals surface area contributed by atoms with Gasteiger partial charge in [-0.25, -0.2) is 0 Å². The summed E-state index contributed by atoms with van der Waals surface area (Å²) < 4.78 is 0. The van der Waals surface area contributed by atoms with Gasteiger partial charge in [-0.15, -0.1) is 11.3 Å². The number of amides is 1. The van der Waals surface area contributed by atoms with Crippen LogP contribution >= 0.6 is 11.3 Å². The molecule has 0 aliphatic carbocycles. The van der Waals surface area contributed by atoms with Crippen LogP contribution < -0.4 is 0 Å². The SMILES string of the molecule is CN(CCCCCO)C(=O)c1ccc(C#CCCO)s1. The first kappa shape index (κ1) is 16.7. The van der Waals surface area contributed by atoms with Crippen LogP contribution in [0.15, 0.2) is 12.1 Å². The molecule has 1 rings (SSSR count). The van der Waals surface area contributed by atoms with Crippen LogP contribution in [0.2, 0.25) is 0 Å². The van der Waals surface area contributed by atoms with Crippen molar-refractivity contribution in [2.75, 3.05) is 26.8 Å². The lowest BCUT2D eigenvalue weighted by Crippen LogP contribution is -2.27. The van der Waals surface area contributed by atoms with Crippen molar-refractivity contribution >= 4 is 17.2 Å². The van der Waals surface area contributed by atoms with Crippen molar-refractivity contribution in [3.05, 3.63) is 21.9 Å². The van der Waals surface area contributed by atoms with Crippen molar-refractivity contribution in [3.63, 3.8) is 0 Å². The minimum atomic E-state index is 0.00852. The smallest absolute Gasteiger partial charge is 0.263 e. The summed E-state index contributed by atoms with van der Waals surface area (Å²) in [6.07, 6.45) is 3.06. The molecule has 4 nitrogen and oxygen atoms in total. The van der Waals surface area contributed by atoms with E-state index in [-0.39, 0.29) is 19.1 Å². The van der Waals surface area contributed by atoms with Crippen LogP contribution in [0.1, 0.15) is 40.2 Å². The molecule has 20 heavy (non-hydrogen) atoms. The van der Waals surface area contributed by atoms with Crippen molar-refractivity contribution in [1.82, 2.24) is 4.90 Å². The molecule has 0 saturated heterocycles. The van der Waals surface area contributed by atoms with E-state index in [9.17, 15) is 4.79 Å². The van der Waals surface area contributed by atoms with Gasteiger partial charge in [-0.2, -0.15) is 0 Å². The highest BCUT2D eigenvalue weighted by Gasteiger charge is 2.13. The number of rotatable bonds is 7.